The lowest BCUT2D eigenvalue weighted by molar-refractivity contribution is 1.12. The van der Waals surface area contributed by atoms with E-state index < -0.39 is 0 Å². The van der Waals surface area contributed by atoms with Crippen molar-refractivity contribution in [2.45, 2.75) is 0 Å². The van der Waals surface area contributed by atoms with Crippen molar-refractivity contribution in [1.82, 2.24) is 9.97 Å². The molecule has 0 atom stereocenters. The van der Waals surface area contributed by atoms with Crippen molar-refractivity contribution in [3.8, 4) is 10.7 Å². The number of H-pyrrole nitrogens is 1. The van der Waals surface area contributed by atoms with Gasteiger partial charge in [-0.1, -0.05) is 11.6 Å². The molecule has 0 saturated carbocycles. The van der Waals surface area contributed by atoms with Crippen LogP contribution in [0.25, 0.3) is 10.7 Å². The molecule has 0 aliphatic rings. The third-order valence-corrected chi connectivity index (χ3v) is 3.37. The van der Waals surface area contributed by atoms with Crippen molar-refractivity contribution in [2.75, 3.05) is 0 Å². The number of halogens is 2. The molecule has 6 heteroatoms. The Morgan fingerprint density at radius 1 is 1.50 bits per heavy atom. The van der Waals surface area contributed by atoms with E-state index in [2.05, 4.69) is 25.9 Å². The summed E-state index contributed by atoms with van der Waals surface area (Å²) in [5, 5.41) is 0. The number of nitrogens with zero attached hydrogens (tertiary/aromatic N) is 1. The fourth-order valence-corrected chi connectivity index (χ4v) is 2.14. The largest absolute Gasteiger partial charge is 0.305 e. The maximum absolute atomic E-state index is 11.2. The number of hydrogen-bond acceptors (Lipinski definition) is 3. The molecule has 0 radical (unpaired) electrons. The third kappa shape index (κ3) is 1.89. The lowest BCUT2D eigenvalue weighted by Crippen LogP contribution is -2.08. The number of nitrogens with one attached hydrogen (secondary N) is 1. The van der Waals surface area contributed by atoms with Gasteiger partial charge in [-0.25, -0.2) is 4.98 Å². The minimum Gasteiger partial charge on any atom is -0.305 e. The fraction of sp³-hybridized carbons (Fsp3) is 0. The second kappa shape index (κ2) is 3.84. The van der Waals surface area contributed by atoms with Crippen LogP contribution >= 0.6 is 38.9 Å². The smallest absolute Gasteiger partial charge is 0.265 e. The van der Waals surface area contributed by atoms with Crippen molar-refractivity contribution in [2.24, 2.45) is 0 Å². The molecular formula is C8H4BrClN2OS. The number of hydrogen-bond donors (Lipinski definition) is 1. The van der Waals surface area contributed by atoms with E-state index in [0.717, 1.165) is 4.88 Å². The van der Waals surface area contributed by atoms with E-state index in [4.69, 9.17) is 11.6 Å². The Labute approximate surface area is 96.9 Å². The highest BCUT2D eigenvalue weighted by Crippen LogP contribution is 2.27. The number of aromatic amines is 1. The van der Waals surface area contributed by atoms with Gasteiger partial charge < -0.3 is 4.98 Å². The zero-order chi connectivity index (χ0) is 10.1. The normalized spacial score (nSPS) is 10.4. The molecule has 1 N–H and O–H groups in total. The van der Waals surface area contributed by atoms with Gasteiger partial charge in [0.1, 0.15) is 10.3 Å². The molecule has 0 spiro atoms. The SMILES string of the molecule is O=c1[nH]c(-c2ccc(Cl)s2)ncc1Br. The summed E-state index contributed by atoms with van der Waals surface area (Å²) in [5.74, 6) is 0.537. The first-order valence-corrected chi connectivity index (χ1v) is 5.66. The molecule has 0 bridgehead atoms. The molecule has 2 heterocycles. The quantitative estimate of drug-likeness (QED) is 0.878. The summed E-state index contributed by atoms with van der Waals surface area (Å²) in [4.78, 5) is 18.8. The van der Waals surface area contributed by atoms with Crippen LogP contribution in [0.2, 0.25) is 4.34 Å². The van der Waals surface area contributed by atoms with Gasteiger partial charge in [0.2, 0.25) is 0 Å². The molecule has 0 aliphatic heterocycles. The number of thiophene rings is 1. The van der Waals surface area contributed by atoms with Gasteiger partial charge in [0, 0.05) is 6.20 Å². The monoisotopic (exact) mass is 290 g/mol. The maximum atomic E-state index is 11.2. The highest BCUT2D eigenvalue weighted by molar-refractivity contribution is 9.10. The average Bonchev–Trinajstić information content (AvgIpc) is 2.57. The lowest BCUT2D eigenvalue weighted by atomic mass is 10.4. The van der Waals surface area contributed by atoms with E-state index in [0.29, 0.717) is 14.6 Å². The van der Waals surface area contributed by atoms with Crippen molar-refractivity contribution in [1.29, 1.82) is 0 Å². The van der Waals surface area contributed by atoms with Crippen LogP contribution in [0.5, 0.6) is 0 Å². The number of rotatable bonds is 1. The summed E-state index contributed by atoms with van der Waals surface area (Å²) < 4.78 is 1.09. The van der Waals surface area contributed by atoms with Gasteiger partial charge in [-0.2, -0.15) is 0 Å². The molecule has 72 valence electrons. The van der Waals surface area contributed by atoms with E-state index in [-0.39, 0.29) is 5.56 Å². The predicted molar refractivity (Wildman–Crippen MR) is 60.9 cm³/mol. The van der Waals surface area contributed by atoms with E-state index in [1.165, 1.54) is 17.5 Å². The molecular weight excluding hydrogens is 288 g/mol. The summed E-state index contributed by atoms with van der Waals surface area (Å²) in [5.41, 5.74) is -0.195. The first kappa shape index (κ1) is 9.89. The molecule has 2 rings (SSSR count). The predicted octanol–water partition coefficient (Wildman–Crippen LogP) is 2.91. The van der Waals surface area contributed by atoms with E-state index in [9.17, 15) is 4.79 Å². The van der Waals surface area contributed by atoms with Gasteiger partial charge in [0.15, 0.2) is 0 Å². The summed E-state index contributed by atoms with van der Waals surface area (Å²) >= 11 is 10.2. The fourth-order valence-electron chi connectivity index (χ4n) is 0.946. The molecule has 0 amide bonds. The molecule has 0 fully saturated rings. The standard InChI is InChI=1S/C8H4BrClN2OS/c9-4-3-11-7(12-8(4)13)5-1-2-6(10)14-5/h1-3H,(H,11,12,13). The first-order chi connectivity index (χ1) is 6.66. The van der Waals surface area contributed by atoms with Gasteiger partial charge in [-0.3, -0.25) is 4.79 Å². The Bertz CT molecular complexity index is 522. The molecule has 0 aliphatic carbocycles. The average molecular weight is 292 g/mol. The van der Waals surface area contributed by atoms with Crippen LogP contribution in [-0.4, -0.2) is 9.97 Å². The topological polar surface area (TPSA) is 45.8 Å². The Morgan fingerprint density at radius 3 is 2.86 bits per heavy atom. The summed E-state index contributed by atoms with van der Waals surface area (Å²) in [6, 6.07) is 3.59. The molecule has 2 aromatic heterocycles. The molecule has 0 aromatic carbocycles. The van der Waals surface area contributed by atoms with Gasteiger partial charge in [-0.15, -0.1) is 11.3 Å². The third-order valence-electron chi connectivity index (χ3n) is 1.56. The highest BCUT2D eigenvalue weighted by Gasteiger charge is 2.04. The van der Waals surface area contributed by atoms with Crippen molar-refractivity contribution in [3.63, 3.8) is 0 Å². The van der Waals surface area contributed by atoms with Crippen LogP contribution in [0.15, 0.2) is 27.6 Å². The molecule has 3 nitrogen and oxygen atoms in total. The van der Waals surface area contributed by atoms with Crippen molar-refractivity contribution in [3.05, 3.63) is 37.5 Å². The van der Waals surface area contributed by atoms with Crippen molar-refractivity contribution >= 4 is 38.9 Å². The van der Waals surface area contributed by atoms with E-state index >= 15 is 0 Å². The molecule has 0 unspecified atom stereocenters. The minimum atomic E-state index is -0.195. The van der Waals surface area contributed by atoms with Gasteiger partial charge in [0.25, 0.3) is 5.56 Å². The molecule has 14 heavy (non-hydrogen) atoms. The Hall–Kier alpha value is -0.650. The van der Waals surface area contributed by atoms with Crippen LogP contribution in [0.4, 0.5) is 0 Å². The summed E-state index contributed by atoms with van der Waals surface area (Å²) in [7, 11) is 0. The Morgan fingerprint density at radius 2 is 2.29 bits per heavy atom. The second-order valence-corrected chi connectivity index (χ2v) is 5.08. The maximum Gasteiger partial charge on any atom is 0.265 e. The molecule has 2 aromatic rings. The Kier molecular flexibility index (Phi) is 2.71. The summed E-state index contributed by atoms with van der Waals surface area (Å²) in [6.45, 7) is 0. The zero-order valence-corrected chi connectivity index (χ0v) is 9.91. The van der Waals surface area contributed by atoms with E-state index in [1.807, 2.05) is 6.07 Å². The highest BCUT2D eigenvalue weighted by atomic mass is 79.9. The van der Waals surface area contributed by atoms with Crippen molar-refractivity contribution < 1.29 is 0 Å². The zero-order valence-electron chi connectivity index (χ0n) is 6.75. The Balaban J connectivity index is 2.53. The molecule has 0 saturated heterocycles. The first-order valence-electron chi connectivity index (χ1n) is 3.67. The number of aromatic nitrogens is 2. The minimum absolute atomic E-state index is 0.195. The van der Waals surface area contributed by atoms with Crippen LogP contribution in [-0.2, 0) is 0 Å². The second-order valence-electron chi connectivity index (χ2n) is 2.51. The van der Waals surface area contributed by atoms with Gasteiger partial charge in [-0.05, 0) is 28.1 Å². The van der Waals surface area contributed by atoms with Gasteiger partial charge >= 0.3 is 0 Å². The summed E-state index contributed by atoms with van der Waals surface area (Å²) in [6.07, 6.45) is 1.47. The van der Waals surface area contributed by atoms with Crippen LogP contribution in [0, 0.1) is 0 Å². The lowest BCUT2D eigenvalue weighted by Gasteiger charge is -1.95. The van der Waals surface area contributed by atoms with Crippen LogP contribution in [0.3, 0.4) is 0 Å². The van der Waals surface area contributed by atoms with Gasteiger partial charge in [0.05, 0.1) is 9.21 Å². The van der Waals surface area contributed by atoms with Crippen LogP contribution in [0.1, 0.15) is 0 Å². The van der Waals surface area contributed by atoms with Crippen LogP contribution < -0.4 is 5.56 Å². The van der Waals surface area contributed by atoms with E-state index in [1.54, 1.807) is 6.07 Å².